The maximum absolute atomic E-state index is 12.8. The molecule has 1 saturated heterocycles. The number of nitrogens with one attached hydrogen (secondary N) is 1. The third-order valence-electron chi connectivity index (χ3n) is 3.01. The van der Waals surface area contributed by atoms with Crippen molar-refractivity contribution in [3.63, 3.8) is 0 Å². The van der Waals surface area contributed by atoms with Crippen molar-refractivity contribution < 1.29 is 35.9 Å². The number of carbonyl (C=O) groups excluding carboxylic acids is 2. The molecule has 0 bridgehead atoms. The first-order chi connectivity index (χ1) is 9.46. The van der Waals surface area contributed by atoms with Crippen molar-refractivity contribution in [2.75, 3.05) is 6.54 Å². The van der Waals surface area contributed by atoms with Crippen molar-refractivity contribution >= 4 is 11.8 Å². The van der Waals surface area contributed by atoms with E-state index >= 15 is 0 Å². The van der Waals surface area contributed by atoms with Crippen LogP contribution in [0.4, 0.5) is 26.3 Å². The van der Waals surface area contributed by atoms with Crippen LogP contribution in [-0.2, 0) is 9.59 Å². The molecule has 0 saturated carbocycles. The Morgan fingerprint density at radius 3 is 2.14 bits per heavy atom. The summed E-state index contributed by atoms with van der Waals surface area (Å²) in [5.41, 5.74) is 0. The van der Waals surface area contributed by atoms with Gasteiger partial charge in [-0.05, 0) is 18.9 Å². The summed E-state index contributed by atoms with van der Waals surface area (Å²) in [5.74, 6) is -3.30. The topological polar surface area (TPSA) is 49.4 Å². The molecule has 2 atom stereocenters. The van der Waals surface area contributed by atoms with Crippen molar-refractivity contribution in [1.29, 1.82) is 0 Å². The first-order valence-electron chi connectivity index (χ1n) is 5.84. The molecule has 10 heteroatoms. The molecule has 1 aliphatic heterocycles. The number of hydrogen-bond acceptors (Lipinski definition) is 2. The van der Waals surface area contributed by atoms with Gasteiger partial charge in [-0.2, -0.15) is 26.3 Å². The number of alkyl halides is 6. The zero-order valence-corrected chi connectivity index (χ0v) is 10.6. The standard InChI is InChI=1S/C11H12F6N2O2/c1-2-8(20)19-5-6(18-9(21)11(15,16)17)3-4-7(19)10(12,13)14/h2,6-7H,1,3-5H2,(H,18,21). The summed E-state index contributed by atoms with van der Waals surface area (Å²) in [6, 6.07) is -3.29. The van der Waals surface area contributed by atoms with Gasteiger partial charge in [0.15, 0.2) is 0 Å². The van der Waals surface area contributed by atoms with Crippen LogP contribution in [0.15, 0.2) is 12.7 Å². The zero-order chi connectivity index (χ0) is 16.4. The van der Waals surface area contributed by atoms with Gasteiger partial charge >= 0.3 is 18.3 Å². The number of nitrogens with zero attached hydrogens (tertiary/aromatic N) is 1. The number of likely N-dealkylation sites (tertiary alicyclic amines) is 1. The number of hydrogen-bond donors (Lipinski definition) is 1. The number of piperidine rings is 1. The van der Waals surface area contributed by atoms with E-state index in [9.17, 15) is 35.9 Å². The van der Waals surface area contributed by atoms with Crippen molar-refractivity contribution in [2.45, 2.75) is 37.3 Å². The van der Waals surface area contributed by atoms with Crippen molar-refractivity contribution in [3.05, 3.63) is 12.7 Å². The van der Waals surface area contributed by atoms with Gasteiger partial charge in [0.2, 0.25) is 5.91 Å². The summed E-state index contributed by atoms with van der Waals surface area (Å²) in [7, 11) is 0. The van der Waals surface area contributed by atoms with Gasteiger partial charge < -0.3 is 10.2 Å². The van der Waals surface area contributed by atoms with Gasteiger partial charge in [-0.15, -0.1) is 0 Å². The normalized spacial score (nSPS) is 23.6. The Morgan fingerprint density at radius 2 is 1.71 bits per heavy atom. The molecule has 0 aliphatic carbocycles. The van der Waals surface area contributed by atoms with Crippen LogP contribution in [0.2, 0.25) is 0 Å². The fourth-order valence-electron chi connectivity index (χ4n) is 2.06. The molecular weight excluding hydrogens is 306 g/mol. The van der Waals surface area contributed by atoms with Crippen molar-refractivity contribution in [3.8, 4) is 0 Å². The summed E-state index contributed by atoms with van der Waals surface area (Å²) >= 11 is 0. The molecule has 0 aromatic rings. The molecular formula is C11H12F6N2O2. The molecule has 4 nitrogen and oxygen atoms in total. The summed E-state index contributed by atoms with van der Waals surface area (Å²) in [6.45, 7) is 2.40. The molecule has 0 aromatic carbocycles. The van der Waals surface area contributed by atoms with Gasteiger partial charge in [-0.1, -0.05) is 6.58 Å². The van der Waals surface area contributed by atoms with E-state index in [2.05, 4.69) is 6.58 Å². The Balaban J connectivity index is 2.82. The maximum atomic E-state index is 12.8. The van der Waals surface area contributed by atoms with Crippen molar-refractivity contribution in [2.24, 2.45) is 0 Å². The van der Waals surface area contributed by atoms with E-state index < -0.39 is 49.2 Å². The van der Waals surface area contributed by atoms with E-state index in [1.807, 2.05) is 0 Å². The van der Waals surface area contributed by atoms with Crippen LogP contribution in [-0.4, -0.2) is 47.7 Å². The Morgan fingerprint density at radius 1 is 1.14 bits per heavy atom. The van der Waals surface area contributed by atoms with Crippen LogP contribution in [0.1, 0.15) is 12.8 Å². The molecule has 1 fully saturated rings. The monoisotopic (exact) mass is 318 g/mol. The predicted octanol–water partition coefficient (Wildman–Crippen LogP) is 1.77. The molecule has 21 heavy (non-hydrogen) atoms. The highest BCUT2D eigenvalue weighted by molar-refractivity contribution is 5.87. The van der Waals surface area contributed by atoms with Crippen LogP contribution in [0.3, 0.4) is 0 Å². The number of carbonyl (C=O) groups is 2. The average molecular weight is 318 g/mol. The smallest absolute Gasteiger partial charge is 0.344 e. The van der Waals surface area contributed by atoms with Gasteiger partial charge in [0.25, 0.3) is 0 Å². The fourth-order valence-corrected chi connectivity index (χ4v) is 2.06. The van der Waals surface area contributed by atoms with E-state index in [1.54, 1.807) is 5.32 Å². The van der Waals surface area contributed by atoms with Crippen LogP contribution in [0.25, 0.3) is 0 Å². The van der Waals surface area contributed by atoms with Crippen LogP contribution < -0.4 is 5.32 Å². The van der Waals surface area contributed by atoms with Gasteiger partial charge in [0.1, 0.15) is 6.04 Å². The van der Waals surface area contributed by atoms with Gasteiger partial charge in [0, 0.05) is 12.6 Å². The maximum Gasteiger partial charge on any atom is 0.471 e. The number of halogens is 6. The third kappa shape index (κ3) is 4.36. The minimum Gasteiger partial charge on any atom is -0.344 e. The lowest BCUT2D eigenvalue weighted by atomic mass is 9.97. The molecule has 120 valence electrons. The van der Waals surface area contributed by atoms with E-state index in [0.717, 1.165) is 0 Å². The SMILES string of the molecule is C=CC(=O)N1CC(NC(=O)C(F)(F)F)CCC1C(F)(F)F. The second kappa shape index (κ2) is 5.94. The van der Waals surface area contributed by atoms with Gasteiger partial charge in [-0.3, -0.25) is 9.59 Å². The largest absolute Gasteiger partial charge is 0.471 e. The summed E-state index contributed by atoms with van der Waals surface area (Å²) in [5, 5.41) is 1.58. The molecule has 1 heterocycles. The van der Waals surface area contributed by atoms with E-state index in [0.29, 0.717) is 11.0 Å². The highest BCUT2D eigenvalue weighted by atomic mass is 19.4. The lowest BCUT2D eigenvalue weighted by molar-refractivity contribution is -0.196. The summed E-state index contributed by atoms with van der Waals surface area (Å²) in [6.07, 6.45) is -10.1. The van der Waals surface area contributed by atoms with E-state index in [4.69, 9.17) is 0 Å². The molecule has 1 aliphatic rings. The Kier molecular flexibility index (Phi) is 4.90. The molecule has 1 rings (SSSR count). The Hall–Kier alpha value is -1.74. The molecule has 1 N–H and O–H groups in total. The minimum atomic E-state index is -5.13. The lowest BCUT2D eigenvalue weighted by Crippen LogP contribution is -2.59. The first kappa shape index (κ1) is 17.3. The van der Waals surface area contributed by atoms with E-state index in [-0.39, 0.29) is 6.42 Å². The van der Waals surface area contributed by atoms with Gasteiger partial charge in [0.05, 0.1) is 0 Å². The van der Waals surface area contributed by atoms with Crippen LogP contribution in [0, 0.1) is 0 Å². The zero-order valence-electron chi connectivity index (χ0n) is 10.6. The highest BCUT2D eigenvalue weighted by Crippen LogP contribution is 2.32. The fraction of sp³-hybridized carbons (Fsp3) is 0.636. The second-order valence-electron chi connectivity index (χ2n) is 4.50. The van der Waals surface area contributed by atoms with Gasteiger partial charge in [-0.25, -0.2) is 0 Å². The second-order valence-corrected chi connectivity index (χ2v) is 4.50. The summed E-state index contributed by atoms with van der Waals surface area (Å²) < 4.78 is 74.6. The number of amides is 2. The molecule has 2 unspecified atom stereocenters. The summed E-state index contributed by atoms with van der Waals surface area (Å²) in [4.78, 5) is 22.6. The minimum absolute atomic E-state index is 0.313. The average Bonchev–Trinajstić information content (AvgIpc) is 2.35. The predicted molar refractivity (Wildman–Crippen MR) is 59.0 cm³/mol. The molecule has 0 aromatic heterocycles. The van der Waals surface area contributed by atoms with E-state index in [1.165, 1.54) is 0 Å². The Labute approximate surface area is 115 Å². The van der Waals surface area contributed by atoms with Crippen LogP contribution >= 0.6 is 0 Å². The van der Waals surface area contributed by atoms with Crippen molar-refractivity contribution in [1.82, 2.24) is 10.2 Å². The molecule has 2 amide bonds. The first-order valence-corrected chi connectivity index (χ1v) is 5.84. The van der Waals surface area contributed by atoms with Crippen LogP contribution in [0.5, 0.6) is 0 Å². The highest BCUT2D eigenvalue weighted by Gasteiger charge is 2.48. The third-order valence-corrected chi connectivity index (χ3v) is 3.01. The lowest BCUT2D eigenvalue weighted by Gasteiger charge is -2.40. The molecule has 0 spiro atoms. The number of rotatable bonds is 2. The molecule has 0 radical (unpaired) electrons. The quantitative estimate of drug-likeness (QED) is 0.623. The Bertz CT molecular complexity index is 431.